The van der Waals surface area contributed by atoms with Crippen molar-refractivity contribution in [3.8, 4) is 0 Å². The number of nitrogens with zero attached hydrogens (tertiary/aromatic N) is 3. The molecule has 0 bridgehead atoms. The Kier molecular flexibility index (Phi) is 6.11. The van der Waals surface area contributed by atoms with Gasteiger partial charge < -0.3 is 9.32 Å². The largest absolute Gasteiger partial charge is 0.437 e. The zero-order valence-corrected chi connectivity index (χ0v) is 16.7. The van der Waals surface area contributed by atoms with Crippen LogP contribution in [0.3, 0.4) is 0 Å². The molecule has 7 heteroatoms. The smallest absolute Gasteiger partial charge is 0.256 e. The second-order valence-corrected chi connectivity index (χ2v) is 8.33. The summed E-state index contributed by atoms with van der Waals surface area (Å²) in [4.78, 5) is 25.6. The molecule has 3 heterocycles. The number of aryl methyl sites for hydroxylation is 3. The van der Waals surface area contributed by atoms with Gasteiger partial charge in [0.1, 0.15) is 5.76 Å². The van der Waals surface area contributed by atoms with E-state index in [1.54, 1.807) is 23.7 Å². The number of aromatic nitrogens is 2. The van der Waals surface area contributed by atoms with Gasteiger partial charge in [-0.2, -0.15) is 0 Å². The van der Waals surface area contributed by atoms with Crippen molar-refractivity contribution in [2.45, 2.75) is 39.1 Å². The van der Waals surface area contributed by atoms with Gasteiger partial charge in [-0.25, -0.2) is 4.98 Å². The SMILES string of the molecule is Cc1ccc(CN(Cc2cccnc2)C(=O)CSc2nc(C)c(C)o2)s1. The summed E-state index contributed by atoms with van der Waals surface area (Å²) in [5.41, 5.74) is 1.88. The molecule has 0 aliphatic rings. The molecule has 1 amide bonds. The number of thiophene rings is 1. The van der Waals surface area contributed by atoms with Crippen LogP contribution in [0.4, 0.5) is 0 Å². The van der Waals surface area contributed by atoms with Gasteiger partial charge in [0.25, 0.3) is 5.22 Å². The highest BCUT2D eigenvalue weighted by atomic mass is 32.2. The third-order valence-electron chi connectivity index (χ3n) is 3.92. The Labute approximate surface area is 161 Å². The lowest BCUT2D eigenvalue weighted by atomic mass is 10.2. The normalized spacial score (nSPS) is 10.9. The average molecular weight is 388 g/mol. The number of pyridine rings is 1. The summed E-state index contributed by atoms with van der Waals surface area (Å²) in [6, 6.07) is 8.04. The second-order valence-electron chi connectivity index (χ2n) is 6.03. The van der Waals surface area contributed by atoms with Gasteiger partial charge >= 0.3 is 0 Å². The van der Waals surface area contributed by atoms with Crippen molar-refractivity contribution in [1.29, 1.82) is 0 Å². The molecule has 0 N–H and O–H groups in total. The Morgan fingerprint density at radius 3 is 2.69 bits per heavy atom. The van der Waals surface area contributed by atoms with Crippen molar-refractivity contribution < 1.29 is 9.21 Å². The molecular weight excluding hydrogens is 366 g/mol. The first-order valence-corrected chi connectivity index (χ1v) is 10.1. The molecule has 3 aromatic heterocycles. The lowest BCUT2D eigenvalue weighted by Crippen LogP contribution is -2.31. The number of hydrogen-bond acceptors (Lipinski definition) is 6. The fourth-order valence-corrected chi connectivity index (χ4v) is 4.14. The predicted molar refractivity (Wildman–Crippen MR) is 104 cm³/mol. The van der Waals surface area contributed by atoms with Crippen molar-refractivity contribution in [3.05, 3.63) is 63.4 Å². The number of carbonyl (C=O) groups excluding carboxylic acids is 1. The lowest BCUT2D eigenvalue weighted by molar-refractivity contribution is -0.129. The van der Waals surface area contributed by atoms with Crippen LogP contribution in [0.15, 0.2) is 46.3 Å². The molecule has 5 nitrogen and oxygen atoms in total. The first-order valence-electron chi connectivity index (χ1n) is 8.30. The van der Waals surface area contributed by atoms with Crippen LogP contribution in [0.1, 0.15) is 26.8 Å². The summed E-state index contributed by atoms with van der Waals surface area (Å²) in [7, 11) is 0. The fourth-order valence-electron chi connectivity index (χ4n) is 2.42. The van der Waals surface area contributed by atoms with E-state index >= 15 is 0 Å². The molecule has 3 aromatic rings. The molecule has 0 saturated heterocycles. The molecule has 0 atom stereocenters. The highest BCUT2D eigenvalue weighted by Crippen LogP contribution is 2.23. The van der Waals surface area contributed by atoms with Gasteiger partial charge in [0.05, 0.1) is 18.0 Å². The zero-order chi connectivity index (χ0) is 18.5. The zero-order valence-electron chi connectivity index (χ0n) is 15.1. The van der Waals surface area contributed by atoms with E-state index in [1.807, 2.05) is 30.9 Å². The van der Waals surface area contributed by atoms with E-state index in [4.69, 9.17) is 4.42 Å². The molecule has 3 rings (SSSR count). The van der Waals surface area contributed by atoms with E-state index in [0.717, 1.165) is 17.0 Å². The predicted octanol–water partition coefficient (Wildman–Crippen LogP) is 4.38. The third-order valence-corrected chi connectivity index (χ3v) is 5.72. The molecule has 26 heavy (non-hydrogen) atoms. The minimum Gasteiger partial charge on any atom is -0.437 e. The van der Waals surface area contributed by atoms with E-state index in [1.165, 1.54) is 21.5 Å². The summed E-state index contributed by atoms with van der Waals surface area (Å²) in [6.07, 6.45) is 3.54. The summed E-state index contributed by atoms with van der Waals surface area (Å²) in [5.74, 6) is 1.14. The van der Waals surface area contributed by atoms with E-state index in [9.17, 15) is 4.79 Å². The topological polar surface area (TPSA) is 59.2 Å². The average Bonchev–Trinajstić information content (AvgIpc) is 3.18. The van der Waals surface area contributed by atoms with E-state index in [0.29, 0.717) is 24.1 Å². The molecule has 0 radical (unpaired) electrons. The maximum atomic E-state index is 12.8. The van der Waals surface area contributed by atoms with Crippen molar-refractivity contribution in [2.75, 3.05) is 5.75 Å². The number of rotatable bonds is 7. The quantitative estimate of drug-likeness (QED) is 0.563. The van der Waals surface area contributed by atoms with E-state index < -0.39 is 0 Å². The van der Waals surface area contributed by atoms with Gasteiger partial charge in [-0.05, 0) is 44.5 Å². The molecule has 136 valence electrons. The fraction of sp³-hybridized carbons (Fsp3) is 0.316. The first kappa shape index (κ1) is 18.7. The molecule has 0 unspecified atom stereocenters. The minimum absolute atomic E-state index is 0.0541. The molecule has 0 aliphatic heterocycles. The molecule has 0 spiro atoms. The number of thioether (sulfide) groups is 1. The Hall–Kier alpha value is -2.12. The monoisotopic (exact) mass is 387 g/mol. The summed E-state index contributed by atoms with van der Waals surface area (Å²) in [6.45, 7) is 6.98. The Balaban J connectivity index is 1.69. The van der Waals surface area contributed by atoms with Crippen molar-refractivity contribution in [2.24, 2.45) is 0 Å². The van der Waals surface area contributed by atoms with Crippen LogP contribution in [-0.2, 0) is 17.9 Å². The van der Waals surface area contributed by atoms with Gasteiger partial charge in [-0.15, -0.1) is 11.3 Å². The van der Waals surface area contributed by atoms with Crippen LogP contribution in [0, 0.1) is 20.8 Å². The lowest BCUT2D eigenvalue weighted by Gasteiger charge is -2.22. The highest BCUT2D eigenvalue weighted by Gasteiger charge is 2.17. The third kappa shape index (κ3) is 4.95. The van der Waals surface area contributed by atoms with Crippen LogP contribution >= 0.6 is 23.1 Å². The maximum Gasteiger partial charge on any atom is 0.256 e. The summed E-state index contributed by atoms with van der Waals surface area (Å²) in [5, 5.41) is 0.543. The summed E-state index contributed by atoms with van der Waals surface area (Å²) >= 11 is 3.05. The Morgan fingerprint density at radius 2 is 2.08 bits per heavy atom. The Bertz CT molecular complexity index is 855. The van der Waals surface area contributed by atoms with Crippen molar-refractivity contribution in [1.82, 2.24) is 14.9 Å². The minimum atomic E-state index is 0.0541. The van der Waals surface area contributed by atoms with E-state index in [-0.39, 0.29) is 5.91 Å². The number of oxazole rings is 1. The standard InChI is InChI=1S/C19H21N3O2S2/c1-13-6-7-17(26-13)11-22(10-16-5-4-8-20-9-16)18(23)12-25-19-21-14(2)15(3)24-19/h4-9H,10-12H2,1-3H3. The van der Waals surface area contributed by atoms with Gasteiger partial charge in [0.15, 0.2) is 0 Å². The van der Waals surface area contributed by atoms with Crippen LogP contribution in [0.2, 0.25) is 0 Å². The van der Waals surface area contributed by atoms with Gasteiger partial charge in [-0.3, -0.25) is 9.78 Å². The second kappa shape index (κ2) is 8.51. The van der Waals surface area contributed by atoms with E-state index in [2.05, 4.69) is 29.0 Å². The number of amides is 1. The Morgan fingerprint density at radius 1 is 1.23 bits per heavy atom. The number of carbonyl (C=O) groups is 1. The van der Waals surface area contributed by atoms with Crippen LogP contribution in [0.5, 0.6) is 0 Å². The summed E-state index contributed by atoms with van der Waals surface area (Å²) < 4.78 is 5.56. The van der Waals surface area contributed by atoms with Gasteiger partial charge in [0, 0.05) is 28.7 Å². The molecule has 0 aliphatic carbocycles. The molecule has 0 fully saturated rings. The van der Waals surface area contributed by atoms with Crippen molar-refractivity contribution >= 4 is 29.0 Å². The first-order chi connectivity index (χ1) is 12.5. The highest BCUT2D eigenvalue weighted by molar-refractivity contribution is 7.99. The van der Waals surface area contributed by atoms with Crippen LogP contribution < -0.4 is 0 Å². The van der Waals surface area contributed by atoms with Crippen molar-refractivity contribution in [3.63, 3.8) is 0 Å². The van der Waals surface area contributed by atoms with Gasteiger partial charge in [-0.1, -0.05) is 17.8 Å². The molecule has 0 saturated carbocycles. The van der Waals surface area contributed by atoms with Gasteiger partial charge in [0.2, 0.25) is 5.91 Å². The van der Waals surface area contributed by atoms with Crippen LogP contribution in [-0.4, -0.2) is 26.5 Å². The van der Waals surface area contributed by atoms with Crippen LogP contribution in [0.25, 0.3) is 0 Å². The molecule has 0 aromatic carbocycles. The number of hydrogen-bond donors (Lipinski definition) is 0. The molecular formula is C19H21N3O2S2. The maximum absolute atomic E-state index is 12.8.